The first-order valence-corrected chi connectivity index (χ1v) is 6.05. The summed E-state index contributed by atoms with van der Waals surface area (Å²) in [6, 6.07) is 2.02. The molecule has 1 heterocycles. The van der Waals surface area contributed by atoms with E-state index in [9.17, 15) is 0 Å². The average Bonchev–Trinajstić information content (AvgIpc) is 2.25. The number of nitrogens with two attached hydrogens (primary N) is 1. The molecule has 84 valence electrons. The first-order valence-electron chi connectivity index (χ1n) is 5.26. The van der Waals surface area contributed by atoms with E-state index >= 15 is 0 Å². The summed E-state index contributed by atoms with van der Waals surface area (Å²) in [5.74, 6) is 0. The van der Waals surface area contributed by atoms with Crippen molar-refractivity contribution in [3.63, 3.8) is 0 Å². The predicted octanol–water partition coefficient (Wildman–Crippen LogP) is 2.41. The maximum Gasteiger partial charge on any atom is 0.0592 e. The van der Waals surface area contributed by atoms with Gasteiger partial charge in [0.15, 0.2) is 0 Å². The minimum Gasteiger partial charge on any atom is -0.374 e. The van der Waals surface area contributed by atoms with E-state index in [1.54, 1.807) is 0 Å². The number of pyridine rings is 1. The molecular weight excluding hydrogens is 254 g/mol. The number of aromatic nitrogens is 1. The summed E-state index contributed by atoms with van der Waals surface area (Å²) in [5.41, 5.74) is 6.64. The summed E-state index contributed by atoms with van der Waals surface area (Å²) in [7, 11) is 2.10. The van der Waals surface area contributed by atoms with Crippen LogP contribution in [0.5, 0.6) is 0 Å². The van der Waals surface area contributed by atoms with Crippen LogP contribution in [0.4, 0.5) is 5.69 Å². The summed E-state index contributed by atoms with van der Waals surface area (Å²) in [4.78, 5) is 6.29. The van der Waals surface area contributed by atoms with Crippen molar-refractivity contribution in [1.29, 1.82) is 0 Å². The highest BCUT2D eigenvalue weighted by Crippen LogP contribution is 2.23. The zero-order valence-corrected chi connectivity index (χ0v) is 10.7. The highest BCUT2D eigenvalue weighted by atomic mass is 79.9. The van der Waals surface area contributed by atoms with Crippen LogP contribution in [0.1, 0.15) is 19.3 Å². The number of nitrogens with zero attached hydrogens (tertiary/aromatic N) is 2. The molecular formula is C11H18BrN3. The zero-order valence-electron chi connectivity index (χ0n) is 9.12. The second-order valence-electron chi connectivity index (χ2n) is 3.60. The second kappa shape index (κ2) is 6.80. The quantitative estimate of drug-likeness (QED) is 0.809. The number of anilines is 1. The van der Waals surface area contributed by atoms with E-state index in [0.717, 1.165) is 24.0 Å². The molecule has 2 N–H and O–H groups in total. The van der Waals surface area contributed by atoms with Crippen molar-refractivity contribution < 1.29 is 0 Å². The van der Waals surface area contributed by atoms with E-state index in [4.69, 9.17) is 5.73 Å². The Kier molecular flexibility index (Phi) is 5.65. The van der Waals surface area contributed by atoms with Crippen LogP contribution in [0.15, 0.2) is 22.9 Å². The molecule has 4 heteroatoms. The Morgan fingerprint density at radius 1 is 1.40 bits per heavy atom. The number of hydrogen-bond acceptors (Lipinski definition) is 3. The van der Waals surface area contributed by atoms with E-state index in [2.05, 4.69) is 32.9 Å². The Morgan fingerprint density at radius 2 is 2.20 bits per heavy atom. The normalized spacial score (nSPS) is 10.3. The van der Waals surface area contributed by atoms with Crippen molar-refractivity contribution in [2.24, 2.45) is 5.73 Å². The first-order chi connectivity index (χ1) is 7.25. The molecule has 3 nitrogen and oxygen atoms in total. The standard InChI is InChI=1S/C11H18BrN3/c1-15(8-4-2-3-6-13)11-5-7-14-9-10(11)12/h5,7,9H,2-4,6,8,13H2,1H3. The van der Waals surface area contributed by atoms with Gasteiger partial charge in [-0.3, -0.25) is 4.98 Å². The molecule has 0 saturated heterocycles. The second-order valence-corrected chi connectivity index (χ2v) is 4.45. The fraction of sp³-hybridized carbons (Fsp3) is 0.545. The van der Waals surface area contributed by atoms with Crippen LogP contribution in [-0.4, -0.2) is 25.1 Å². The van der Waals surface area contributed by atoms with Crippen LogP contribution in [0.2, 0.25) is 0 Å². The van der Waals surface area contributed by atoms with Crippen molar-refractivity contribution in [3.8, 4) is 0 Å². The van der Waals surface area contributed by atoms with Gasteiger partial charge >= 0.3 is 0 Å². The minimum absolute atomic E-state index is 0.794. The summed E-state index contributed by atoms with van der Waals surface area (Å²) < 4.78 is 1.05. The summed E-state index contributed by atoms with van der Waals surface area (Å²) in [6.07, 6.45) is 7.14. The lowest BCUT2D eigenvalue weighted by atomic mass is 10.2. The van der Waals surface area contributed by atoms with Gasteiger partial charge in [-0.1, -0.05) is 6.42 Å². The fourth-order valence-corrected chi connectivity index (χ4v) is 2.02. The van der Waals surface area contributed by atoms with Gasteiger partial charge in [0.05, 0.1) is 10.2 Å². The average molecular weight is 272 g/mol. The minimum atomic E-state index is 0.794. The number of halogens is 1. The third kappa shape index (κ3) is 4.18. The SMILES string of the molecule is CN(CCCCCN)c1ccncc1Br. The lowest BCUT2D eigenvalue weighted by molar-refractivity contribution is 0.678. The maximum atomic E-state index is 5.45. The van der Waals surface area contributed by atoms with Gasteiger partial charge in [-0.15, -0.1) is 0 Å². The van der Waals surface area contributed by atoms with Gasteiger partial charge in [0, 0.05) is 26.0 Å². The Morgan fingerprint density at radius 3 is 2.87 bits per heavy atom. The molecule has 0 aliphatic carbocycles. The van der Waals surface area contributed by atoms with Crippen LogP contribution in [0, 0.1) is 0 Å². The van der Waals surface area contributed by atoms with Crippen molar-refractivity contribution in [2.75, 3.05) is 25.0 Å². The van der Waals surface area contributed by atoms with Crippen molar-refractivity contribution in [3.05, 3.63) is 22.9 Å². The summed E-state index contributed by atoms with van der Waals surface area (Å²) in [5, 5.41) is 0. The Labute approximate surface area is 99.8 Å². The molecule has 0 bridgehead atoms. The van der Waals surface area contributed by atoms with Crippen LogP contribution in [-0.2, 0) is 0 Å². The Balaban J connectivity index is 2.40. The molecule has 0 aromatic carbocycles. The highest BCUT2D eigenvalue weighted by Gasteiger charge is 2.04. The van der Waals surface area contributed by atoms with E-state index in [1.807, 2.05) is 18.5 Å². The van der Waals surface area contributed by atoms with Crippen molar-refractivity contribution in [1.82, 2.24) is 4.98 Å². The van der Waals surface area contributed by atoms with Crippen LogP contribution < -0.4 is 10.6 Å². The van der Waals surface area contributed by atoms with Gasteiger partial charge in [-0.2, -0.15) is 0 Å². The summed E-state index contributed by atoms with van der Waals surface area (Å²) >= 11 is 3.50. The molecule has 0 radical (unpaired) electrons. The third-order valence-corrected chi connectivity index (χ3v) is 2.97. The zero-order chi connectivity index (χ0) is 11.1. The van der Waals surface area contributed by atoms with Gasteiger partial charge < -0.3 is 10.6 Å². The molecule has 0 amide bonds. The molecule has 0 spiro atoms. The molecule has 0 aliphatic heterocycles. The molecule has 0 saturated carbocycles. The lowest BCUT2D eigenvalue weighted by Gasteiger charge is -2.20. The topological polar surface area (TPSA) is 42.1 Å². The van der Waals surface area contributed by atoms with Gasteiger partial charge in [0.25, 0.3) is 0 Å². The van der Waals surface area contributed by atoms with E-state index < -0.39 is 0 Å². The Hall–Kier alpha value is -0.610. The van der Waals surface area contributed by atoms with Crippen LogP contribution in [0.3, 0.4) is 0 Å². The smallest absolute Gasteiger partial charge is 0.0592 e. The molecule has 1 rings (SSSR count). The van der Waals surface area contributed by atoms with E-state index in [1.165, 1.54) is 18.5 Å². The molecule has 0 unspecified atom stereocenters. The first kappa shape index (κ1) is 12.5. The molecule has 1 aromatic heterocycles. The molecule has 1 aromatic rings. The largest absolute Gasteiger partial charge is 0.374 e. The van der Waals surface area contributed by atoms with Gasteiger partial charge in [0.1, 0.15) is 0 Å². The molecule has 15 heavy (non-hydrogen) atoms. The van der Waals surface area contributed by atoms with Crippen LogP contribution >= 0.6 is 15.9 Å². The van der Waals surface area contributed by atoms with E-state index in [0.29, 0.717) is 0 Å². The number of rotatable bonds is 6. The van der Waals surface area contributed by atoms with Crippen molar-refractivity contribution >= 4 is 21.6 Å². The number of unbranched alkanes of at least 4 members (excludes halogenated alkanes) is 2. The lowest BCUT2D eigenvalue weighted by Crippen LogP contribution is -2.19. The monoisotopic (exact) mass is 271 g/mol. The van der Waals surface area contributed by atoms with Gasteiger partial charge in [-0.25, -0.2) is 0 Å². The molecule has 0 aliphatic rings. The molecule has 0 atom stereocenters. The maximum absolute atomic E-state index is 5.45. The van der Waals surface area contributed by atoms with Gasteiger partial charge in [0.2, 0.25) is 0 Å². The van der Waals surface area contributed by atoms with Crippen LogP contribution in [0.25, 0.3) is 0 Å². The van der Waals surface area contributed by atoms with E-state index in [-0.39, 0.29) is 0 Å². The summed E-state index contributed by atoms with van der Waals surface area (Å²) in [6.45, 7) is 1.85. The fourth-order valence-electron chi connectivity index (χ4n) is 1.47. The number of hydrogen-bond donors (Lipinski definition) is 1. The Bertz CT molecular complexity index is 291. The molecule has 0 fully saturated rings. The third-order valence-electron chi connectivity index (χ3n) is 2.36. The van der Waals surface area contributed by atoms with Gasteiger partial charge in [-0.05, 0) is 41.4 Å². The van der Waals surface area contributed by atoms with Crippen molar-refractivity contribution in [2.45, 2.75) is 19.3 Å². The predicted molar refractivity (Wildman–Crippen MR) is 68.1 cm³/mol. The highest BCUT2D eigenvalue weighted by molar-refractivity contribution is 9.10.